The number of nitrogens with one attached hydrogen (secondary N) is 1. The number of rotatable bonds is 6. The highest BCUT2D eigenvalue weighted by atomic mass is 16.1. The Morgan fingerprint density at radius 1 is 1.20 bits per heavy atom. The first-order chi connectivity index (χ1) is 12.2. The standard InChI is InChI=1S/C19H27N5O/c1-3-24-15-17(13-20-24)19(25)21-16(2)14-22-9-11-23(12-10-22)18-7-5-4-6-8-18/h4-8,13,15-16H,3,9-12,14H2,1-2H3,(H,21,25). The lowest BCUT2D eigenvalue weighted by molar-refractivity contribution is 0.0928. The van der Waals surface area contributed by atoms with Gasteiger partial charge in [-0.3, -0.25) is 14.4 Å². The third kappa shape index (κ3) is 4.60. The molecule has 3 rings (SSSR count). The average molecular weight is 341 g/mol. The van der Waals surface area contributed by atoms with Crippen molar-refractivity contribution in [1.82, 2.24) is 20.0 Å². The summed E-state index contributed by atoms with van der Waals surface area (Å²) in [5.41, 5.74) is 1.92. The molecule has 0 bridgehead atoms. The number of hydrogen-bond donors (Lipinski definition) is 1. The smallest absolute Gasteiger partial charge is 0.254 e. The minimum atomic E-state index is -0.0462. The van der Waals surface area contributed by atoms with Gasteiger partial charge in [-0.2, -0.15) is 5.10 Å². The van der Waals surface area contributed by atoms with Gasteiger partial charge in [0.15, 0.2) is 0 Å². The predicted octanol–water partition coefficient (Wildman–Crippen LogP) is 1.84. The zero-order valence-corrected chi connectivity index (χ0v) is 15.1. The van der Waals surface area contributed by atoms with E-state index in [2.05, 4.69) is 51.4 Å². The van der Waals surface area contributed by atoms with E-state index in [1.165, 1.54) is 5.69 Å². The van der Waals surface area contributed by atoms with E-state index in [4.69, 9.17) is 0 Å². The number of aromatic nitrogens is 2. The second kappa shape index (κ2) is 8.16. The summed E-state index contributed by atoms with van der Waals surface area (Å²) in [4.78, 5) is 17.1. The van der Waals surface area contributed by atoms with Gasteiger partial charge in [0.2, 0.25) is 0 Å². The first-order valence-electron chi connectivity index (χ1n) is 9.01. The molecule has 0 spiro atoms. The molecule has 1 N–H and O–H groups in total. The normalized spacial score (nSPS) is 16.6. The zero-order chi connectivity index (χ0) is 17.6. The number of aryl methyl sites for hydroxylation is 1. The number of carbonyl (C=O) groups excluding carboxylic acids is 1. The molecule has 1 aliphatic heterocycles. The predicted molar refractivity (Wildman–Crippen MR) is 99.9 cm³/mol. The Kier molecular flexibility index (Phi) is 5.71. The Labute approximate surface area is 149 Å². The van der Waals surface area contributed by atoms with Crippen LogP contribution in [-0.4, -0.2) is 59.4 Å². The van der Waals surface area contributed by atoms with Crippen molar-refractivity contribution in [3.63, 3.8) is 0 Å². The van der Waals surface area contributed by atoms with Gasteiger partial charge in [0.05, 0.1) is 11.8 Å². The van der Waals surface area contributed by atoms with Gasteiger partial charge in [-0.25, -0.2) is 0 Å². The molecule has 6 heteroatoms. The van der Waals surface area contributed by atoms with Crippen molar-refractivity contribution >= 4 is 11.6 Å². The second-order valence-corrected chi connectivity index (χ2v) is 6.58. The molecule has 1 atom stereocenters. The monoisotopic (exact) mass is 341 g/mol. The summed E-state index contributed by atoms with van der Waals surface area (Å²) >= 11 is 0. The van der Waals surface area contributed by atoms with Crippen LogP contribution < -0.4 is 10.2 Å². The molecule has 6 nitrogen and oxygen atoms in total. The Morgan fingerprint density at radius 2 is 1.92 bits per heavy atom. The van der Waals surface area contributed by atoms with Crippen LogP contribution in [0.5, 0.6) is 0 Å². The Morgan fingerprint density at radius 3 is 2.56 bits per heavy atom. The lowest BCUT2D eigenvalue weighted by Gasteiger charge is -2.37. The van der Waals surface area contributed by atoms with Crippen molar-refractivity contribution < 1.29 is 4.79 Å². The molecule has 134 valence electrons. The van der Waals surface area contributed by atoms with Crippen molar-refractivity contribution in [3.05, 3.63) is 48.3 Å². The number of anilines is 1. The van der Waals surface area contributed by atoms with Crippen molar-refractivity contribution in [1.29, 1.82) is 0 Å². The van der Waals surface area contributed by atoms with E-state index in [9.17, 15) is 4.79 Å². The van der Waals surface area contributed by atoms with Crippen molar-refractivity contribution in [2.45, 2.75) is 26.4 Å². The van der Waals surface area contributed by atoms with Crippen LogP contribution in [0, 0.1) is 0 Å². The van der Waals surface area contributed by atoms with E-state index < -0.39 is 0 Å². The number of carbonyl (C=O) groups is 1. The molecule has 1 aromatic carbocycles. The maximum atomic E-state index is 12.3. The van der Waals surface area contributed by atoms with Gasteiger partial charge in [-0.15, -0.1) is 0 Å². The lowest BCUT2D eigenvalue weighted by atomic mass is 10.2. The van der Waals surface area contributed by atoms with Crippen LogP contribution in [0.2, 0.25) is 0 Å². The van der Waals surface area contributed by atoms with Crippen LogP contribution in [-0.2, 0) is 6.54 Å². The molecule has 1 aliphatic rings. The minimum absolute atomic E-state index is 0.0462. The van der Waals surface area contributed by atoms with Gasteiger partial charge in [0.25, 0.3) is 5.91 Å². The van der Waals surface area contributed by atoms with E-state index in [0.29, 0.717) is 5.56 Å². The van der Waals surface area contributed by atoms with Crippen molar-refractivity contribution in [2.75, 3.05) is 37.6 Å². The third-order valence-electron chi connectivity index (χ3n) is 4.62. The molecular formula is C19H27N5O. The van der Waals surface area contributed by atoms with Crippen molar-refractivity contribution in [2.24, 2.45) is 0 Å². The van der Waals surface area contributed by atoms with E-state index in [1.54, 1.807) is 17.1 Å². The van der Waals surface area contributed by atoms with E-state index in [1.807, 2.05) is 13.0 Å². The number of nitrogens with zero attached hydrogens (tertiary/aromatic N) is 4. The van der Waals surface area contributed by atoms with Gasteiger partial charge in [0, 0.05) is 57.2 Å². The number of amides is 1. The average Bonchev–Trinajstić information content (AvgIpc) is 3.12. The minimum Gasteiger partial charge on any atom is -0.369 e. The van der Waals surface area contributed by atoms with E-state index in [-0.39, 0.29) is 11.9 Å². The zero-order valence-electron chi connectivity index (χ0n) is 15.1. The lowest BCUT2D eigenvalue weighted by Crippen LogP contribution is -2.50. The maximum Gasteiger partial charge on any atom is 0.254 e. The summed E-state index contributed by atoms with van der Waals surface area (Å²) in [5.74, 6) is -0.0462. The van der Waals surface area contributed by atoms with Crippen LogP contribution in [0.1, 0.15) is 24.2 Å². The fraction of sp³-hybridized carbons (Fsp3) is 0.474. The SMILES string of the molecule is CCn1cc(C(=O)NC(C)CN2CCN(c3ccccc3)CC2)cn1. The topological polar surface area (TPSA) is 53.4 Å². The first kappa shape index (κ1) is 17.5. The van der Waals surface area contributed by atoms with Gasteiger partial charge in [0.1, 0.15) is 0 Å². The van der Waals surface area contributed by atoms with Gasteiger partial charge < -0.3 is 10.2 Å². The molecule has 1 amide bonds. The molecular weight excluding hydrogens is 314 g/mol. The fourth-order valence-corrected chi connectivity index (χ4v) is 3.22. The summed E-state index contributed by atoms with van der Waals surface area (Å²) in [6.07, 6.45) is 3.42. The number of hydrogen-bond acceptors (Lipinski definition) is 4. The summed E-state index contributed by atoms with van der Waals surface area (Å²) in [6, 6.07) is 10.7. The molecule has 1 saturated heterocycles. The number of piperazine rings is 1. The molecule has 1 fully saturated rings. The number of benzene rings is 1. The highest BCUT2D eigenvalue weighted by Crippen LogP contribution is 2.15. The molecule has 1 unspecified atom stereocenters. The third-order valence-corrected chi connectivity index (χ3v) is 4.62. The maximum absolute atomic E-state index is 12.3. The summed E-state index contributed by atoms with van der Waals surface area (Å²) < 4.78 is 1.77. The number of para-hydroxylation sites is 1. The van der Waals surface area contributed by atoms with E-state index >= 15 is 0 Å². The first-order valence-corrected chi connectivity index (χ1v) is 9.01. The van der Waals surface area contributed by atoms with Crippen LogP contribution in [0.4, 0.5) is 5.69 Å². The molecule has 0 radical (unpaired) electrons. The Hall–Kier alpha value is -2.34. The summed E-state index contributed by atoms with van der Waals surface area (Å²) in [6.45, 7) is 9.79. The van der Waals surface area contributed by atoms with Crippen LogP contribution >= 0.6 is 0 Å². The Bertz CT molecular complexity index is 676. The molecule has 1 aromatic heterocycles. The van der Waals surface area contributed by atoms with E-state index in [0.717, 1.165) is 39.3 Å². The van der Waals surface area contributed by atoms with Crippen LogP contribution in [0.3, 0.4) is 0 Å². The van der Waals surface area contributed by atoms with Crippen molar-refractivity contribution in [3.8, 4) is 0 Å². The Balaban J connectivity index is 1.44. The molecule has 2 heterocycles. The summed E-state index contributed by atoms with van der Waals surface area (Å²) in [5, 5.41) is 7.23. The van der Waals surface area contributed by atoms with Gasteiger partial charge in [-0.05, 0) is 26.0 Å². The molecule has 0 saturated carbocycles. The molecule has 25 heavy (non-hydrogen) atoms. The quantitative estimate of drug-likeness (QED) is 0.871. The highest BCUT2D eigenvalue weighted by molar-refractivity contribution is 5.93. The van der Waals surface area contributed by atoms with Gasteiger partial charge >= 0.3 is 0 Å². The summed E-state index contributed by atoms with van der Waals surface area (Å²) in [7, 11) is 0. The second-order valence-electron chi connectivity index (χ2n) is 6.58. The molecule has 2 aromatic rings. The highest BCUT2D eigenvalue weighted by Gasteiger charge is 2.20. The van der Waals surface area contributed by atoms with Crippen LogP contribution in [0.15, 0.2) is 42.7 Å². The van der Waals surface area contributed by atoms with Crippen LogP contribution in [0.25, 0.3) is 0 Å². The largest absolute Gasteiger partial charge is 0.369 e. The van der Waals surface area contributed by atoms with Gasteiger partial charge in [-0.1, -0.05) is 18.2 Å². The fourth-order valence-electron chi connectivity index (χ4n) is 3.22. The molecule has 0 aliphatic carbocycles.